The van der Waals surface area contributed by atoms with E-state index in [1.54, 1.807) is 18.3 Å². The molecule has 0 bridgehead atoms. The summed E-state index contributed by atoms with van der Waals surface area (Å²) >= 11 is 0. The third-order valence-corrected chi connectivity index (χ3v) is 1.45. The van der Waals surface area contributed by atoms with Crippen LogP contribution in [0.2, 0.25) is 0 Å². The molecule has 5 nitrogen and oxygen atoms in total. The van der Waals surface area contributed by atoms with Gasteiger partial charge in [0.1, 0.15) is 12.0 Å². The van der Waals surface area contributed by atoms with Crippen molar-refractivity contribution >= 4 is 5.97 Å². The fourth-order valence-electron chi connectivity index (χ4n) is 0.882. The number of esters is 1. The Kier molecular flexibility index (Phi) is 2.22. The summed E-state index contributed by atoms with van der Waals surface area (Å²) in [4.78, 5) is 18.7. The highest BCUT2D eigenvalue weighted by Gasteiger charge is 2.12. The van der Waals surface area contributed by atoms with Crippen molar-refractivity contribution in [2.45, 2.75) is 0 Å². The Morgan fingerprint density at radius 1 is 1.43 bits per heavy atom. The largest absolute Gasteiger partial charge is 0.440 e. The Morgan fingerprint density at radius 3 is 3.00 bits per heavy atom. The molecule has 2 aromatic rings. The first-order chi connectivity index (χ1) is 6.86. The van der Waals surface area contributed by atoms with Gasteiger partial charge in [-0.15, -0.1) is 0 Å². The van der Waals surface area contributed by atoms with Crippen molar-refractivity contribution in [1.29, 1.82) is 0 Å². The van der Waals surface area contributed by atoms with Crippen molar-refractivity contribution in [3.8, 4) is 5.75 Å². The Morgan fingerprint density at radius 2 is 2.36 bits per heavy atom. The van der Waals surface area contributed by atoms with Gasteiger partial charge in [0.05, 0.1) is 12.4 Å². The van der Waals surface area contributed by atoms with Crippen molar-refractivity contribution in [2.24, 2.45) is 0 Å². The summed E-state index contributed by atoms with van der Waals surface area (Å²) in [5.41, 5.74) is 0. The molecule has 0 aliphatic carbocycles. The highest BCUT2D eigenvalue weighted by molar-refractivity contribution is 5.85. The smallest absolute Gasteiger partial charge is 0.400 e. The minimum Gasteiger partial charge on any atom is -0.440 e. The third-order valence-electron chi connectivity index (χ3n) is 1.45. The van der Waals surface area contributed by atoms with E-state index in [1.165, 1.54) is 18.7 Å². The van der Waals surface area contributed by atoms with Gasteiger partial charge in [-0.1, -0.05) is 0 Å². The van der Waals surface area contributed by atoms with Crippen LogP contribution in [-0.4, -0.2) is 15.9 Å². The molecule has 70 valence electrons. The molecule has 0 saturated heterocycles. The zero-order valence-corrected chi connectivity index (χ0v) is 7.08. The van der Waals surface area contributed by atoms with Gasteiger partial charge in [-0.05, 0) is 12.1 Å². The van der Waals surface area contributed by atoms with Gasteiger partial charge >= 0.3 is 11.9 Å². The van der Waals surface area contributed by atoms with Gasteiger partial charge in [0, 0.05) is 6.20 Å². The number of carbonyl (C=O) groups excluding carboxylic acids is 1. The molecule has 0 aliphatic rings. The number of aromatic nitrogens is 2. The zero-order chi connectivity index (χ0) is 9.80. The first kappa shape index (κ1) is 8.43. The topological polar surface area (TPSA) is 65.2 Å². The Balaban J connectivity index is 2.10. The highest BCUT2D eigenvalue weighted by atomic mass is 16.5. The Bertz CT molecular complexity index is 411. The van der Waals surface area contributed by atoms with E-state index in [9.17, 15) is 4.79 Å². The van der Waals surface area contributed by atoms with Crippen LogP contribution in [-0.2, 0) is 0 Å². The van der Waals surface area contributed by atoms with E-state index in [4.69, 9.17) is 9.15 Å². The Hall–Kier alpha value is -2.17. The number of hydrogen-bond acceptors (Lipinski definition) is 5. The van der Waals surface area contributed by atoms with Crippen LogP contribution in [0.25, 0.3) is 0 Å². The molecule has 0 radical (unpaired) electrons. The second-order valence-electron chi connectivity index (χ2n) is 2.42. The summed E-state index contributed by atoms with van der Waals surface area (Å²) in [5.74, 6) is -0.354. The van der Waals surface area contributed by atoms with Crippen LogP contribution in [0.5, 0.6) is 5.75 Å². The van der Waals surface area contributed by atoms with Crippen LogP contribution < -0.4 is 4.74 Å². The summed E-state index contributed by atoms with van der Waals surface area (Å²) in [6.07, 6.45) is 5.70. The summed E-state index contributed by atoms with van der Waals surface area (Å²) in [7, 11) is 0. The molecule has 0 N–H and O–H groups in total. The second kappa shape index (κ2) is 3.69. The van der Waals surface area contributed by atoms with Crippen molar-refractivity contribution in [3.63, 3.8) is 0 Å². The van der Waals surface area contributed by atoms with Gasteiger partial charge in [-0.2, -0.15) is 0 Å². The number of ether oxygens (including phenoxy) is 1. The van der Waals surface area contributed by atoms with Gasteiger partial charge in [-0.3, -0.25) is 4.98 Å². The molecule has 2 rings (SSSR count). The molecule has 0 aromatic carbocycles. The molecule has 0 fully saturated rings. The quantitative estimate of drug-likeness (QED) is 0.667. The third kappa shape index (κ3) is 1.77. The maximum absolute atomic E-state index is 11.3. The number of pyridine rings is 1. The molecule has 0 amide bonds. The molecule has 5 heteroatoms. The number of carbonyl (C=O) groups is 1. The van der Waals surface area contributed by atoms with Crippen LogP contribution >= 0.6 is 0 Å². The van der Waals surface area contributed by atoms with E-state index in [-0.39, 0.29) is 5.89 Å². The SMILES string of the molecule is O=C(Oc1cccnc1)c1ncco1. The van der Waals surface area contributed by atoms with Crippen LogP contribution in [0.1, 0.15) is 10.7 Å². The normalized spacial score (nSPS) is 9.71. The van der Waals surface area contributed by atoms with Gasteiger partial charge < -0.3 is 9.15 Å². The minimum absolute atomic E-state index is 0.0751. The second-order valence-corrected chi connectivity index (χ2v) is 2.42. The van der Waals surface area contributed by atoms with Crippen molar-refractivity contribution in [2.75, 3.05) is 0 Å². The van der Waals surface area contributed by atoms with Gasteiger partial charge in [0.15, 0.2) is 0 Å². The van der Waals surface area contributed by atoms with Crippen molar-refractivity contribution in [1.82, 2.24) is 9.97 Å². The summed E-state index contributed by atoms with van der Waals surface area (Å²) in [5, 5.41) is 0. The molecule has 0 aliphatic heterocycles. The highest BCUT2D eigenvalue weighted by Crippen LogP contribution is 2.08. The Labute approximate surface area is 79.4 Å². The van der Waals surface area contributed by atoms with E-state index in [2.05, 4.69) is 9.97 Å². The van der Waals surface area contributed by atoms with Gasteiger partial charge in [0.2, 0.25) is 0 Å². The van der Waals surface area contributed by atoms with E-state index in [0.717, 1.165) is 0 Å². The molecule has 0 spiro atoms. The molecular weight excluding hydrogens is 184 g/mol. The maximum Gasteiger partial charge on any atom is 0.400 e. The fourth-order valence-corrected chi connectivity index (χ4v) is 0.882. The van der Waals surface area contributed by atoms with Gasteiger partial charge in [-0.25, -0.2) is 9.78 Å². The number of nitrogens with zero attached hydrogens (tertiary/aromatic N) is 2. The van der Waals surface area contributed by atoms with Gasteiger partial charge in [0.25, 0.3) is 0 Å². The predicted molar refractivity (Wildman–Crippen MR) is 45.7 cm³/mol. The molecular formula is C9H6N2O3. The van der Waals surface area contributed by atoms with Crippen LogP contribution in [0.15, 0.2) is 41.4 Å². The predicted octanol–water partition coefficient (Wildman–Crippen LogP) is 1.29. The number of hydrogen-bond donors (Lipinski definition) is 0. The molecule has 2 heterocycles. The van der Waals surface area contributed by atoms with Crippen molar-refractivity contribution < 1.29 is 13.9 Å². The van der Waals surface area contributed by atoms with Crippen LogP contribution in [0.4, 0.5) is 0 Å². The van der Waals surface area contributed by atoms with Crippen molar-refractivity contribution in [3.05, 3.63) is 42.9 Å². The summed E-state index contributed by atoms with van der Waals surface area (Å²) in [6, 6.07) is 3.28. The standard InChI is InChI=1S/C9H6N2O3/c12-9(8-11-4-5-13-8)14-7-2-1-3-10-6-7/h1-6H. The summed E-state index contributed by atoms with van der Waals surface area (Å²) in [6.45, 7) is 0. The summed E-state index contributed by atoms with van der Waals surface area (Å²) < 4.78 is 9.66. The van der Waals surface area contributed by atoms with Crippen LogP contribution in [0.3, 0.4) is 0 Å². The lowest BCUT2D eigenvalue weighted by Gasteiger charge is -1.98. The monoisotopic (exact) mass is 190 g/mol. The lowest BCUT2D eigenvalue weighted by atomic mass is 10.5. The average molecular weight is 190 g/mol. The molecule has 14 heavy (non-hydrogen) atoms. The van der Waals surface area contributed by atoms with Crippen LogP contribution in [0, 0.1) is 0 Å². The first-order valence-corrected chi connectivity index (χ1v) is 3.88. The maximum atomic E-state index is 11.3. The zero-order valence-electron chi connectivity index (χ0n) is 7.08. The molecule has 0 atom stereocenters. The molecule has 0 unspecified atom stereocenters. The van der Waals surface area contributed by atoms with E-state index < -0.39 is 5.97 Å². The molecule has 2 aromatic heterocycles. The lowest BCUT2D eigenvalue weighted by molar-refractivity contribution is 0.0692. The number of rotatable bonds is 2. The minimum atomic E-state index is -0.636. The molecule has 0 saturated carbocycles. The first-order valence-electron chi connectivity index (χ1n) is 3.88. The van der Waals surface area contributed by atoms with E-state index in [1.807, 2.05) is 0 Å². The average Bonchev–Trinajstić information content (AvgIpc) is 2.72. The lowest BCUT2D eigenvalue weighted by Crippen LogP contribution is -2.08. The van der Waals surface area contributed by atoms with E-state index in [0.29, 0.717) is 5.75 Å². The number of oxazole rings is 1. The van der Waals surface area contributed by atoms with E-state index >= 15 is 0 Å². The fraction of sp³-hybridized carbons (Fsp3) is 0.